The monoisotopic (exact) mass is 542 g/mol. The molecule has 4 heterocycles. The maximum absolute atomic E-state index is 14.7. The lowest BCUT2D eigenvalue weighted by Gasteiger charge is -2.51. The molecular weight excluding hydrogens is 517 g/mol. The molecule has 2 saturated heterocycles. The van der Waals surface area contributed by atoms with Crippen LogP contribution in [-0.2, 0) is 16.0 Å². The lowest BCUT2D eigenvalue weighted by atomic mass is 9.77. The van der Waals surface area contributed by atoms with Crippen LogP contribution in [0.15, 0.2) is 34.8 Å². The highest BCUT2D eigenvalue weighted by molar-refractivity contribution is 8.05. The van der Waals surface area contributed by atoms with E-state index in [1.165, 1.54) is 41.8 Å². The summed E-state index contributed by atoms with van der Waals surface area (Å²) in [5, 5.41) is 6.59. The van der Waals surface area contributed by atoms with Gasteiger partial charge >= 0.3 is 6.09 Å². The minimum atomic E-state index is -2.92. The number of piperidine rings is 1. The number of carbonyl (C=O) groups excluding carboxylic acids is 1. The Labute approximate surface area is 215 Å². The average Bonchev–Trinajstić information content (AvgIpc) is 3.42. The number of para-hydroxylation sites is 1. The number of nitrogens with one attached hydrogen (secondary N) is 1. The molecule has 2 atom stereocenters. The van der Waals surface area contributed by atoms with Gasteiger partial charge < -0.3 is 9.47 Å². The van der Waals surface area contributed by atoms with Crippen LogP contribution in [0.2, 0.25) is 0 Å². The van der Waals surface area contributed by atoms with Gasteiger partial charge in [-0.15, -0.1) is 11.8 Å². The number of thioether (sulfide) groups is 1. The molecular formula is C24H26ClF3N4O3S. The second kappa shape index (κ2) is 9.59. The molecule has 36 heavy (non-hydrogen) atoms. The summed E-state index contributed by atoms with van der Waals surface area (Å²) in [6.07, 6.45) is 3.74. The molecule has 2 fully saturated rings. The number of hydrogen-bond donors (Lipinski definition) is 1. The van der Waals surface area contributed by atoms with Crippen molar-refractivity contribution in [3.8, 4) is 5.69 Å². The number of allylic oxidation sites excluding steroid dienone is 1. The first-order chi connectivity index (χ1) is 17.1. The van der Waals surface area contributed by atoms with Crippen molar-refractivity contribution in [1.29, 1.82) is 0 Å². The molecule has 2 aromatic rings. The number of nitrogens with zero attached hydrogens (tertiary/aromatic N) is 3. The van der Waals surface area contributed by atoms with Gasteiger partial charge in [0.1, 0.15) is 12.3 Å². The molecule has 0 radical (unpaired) electrons. The van der Waals surface area contributed by atoms with E-state index in [2.05, 4.69) is 20.1 Å². The maximum atomic E-state index is 14.7. The molecule has 0 aliphatic carbocycles. The second-order valence-corrected chi connectivity index (χ2v) is 11.2. The van der Waals surface area contributed by atoms with Gasteiger partial charge in [-0.25, -0.2) is 22.6 Å². The molecule has 1 spiro atoms. The predicted octanol–water partition coefficient (Wildman–Crippen LogP) is 5.31. The lowest BCUT2D eigenvalue weighted by Crippen LogP contribution is -2.61. The van der Waals surface area contributed by atoms with Crippen LogP contribution in [0.5, 0.6) is 0 Å². The number of anilines is 1. The van der Waals surface area contributed by atoms with Crippen LogP contribution in [0.3, 0.4) is 0 Å². The smallest absolute Gasteiger partial charge is 0.411 e. The Kier molecular flexibility index (Phi) is 6.78. The predicted molar refractivity (Wildman–Crippen MR) is 131 cm³/mol. The molecule has 12 heteroatoms. The fourth-order valence-electron chi connectivity index (χ4n) is 5.19. The number of rotatable bonds is 4. The molecule has 0 saturated carbocycles. The number of amides is 1. The summed E-state index contributed by atoms with van der Waals surface area (Å²) in [5.41, 5.74) is 1.32. The van der Waals surface area contributed by atoms with Crippen molar-refractivity contribution in [2.45, 2.75) is 43.1 Å². The summed E-state index contributed by atoms with van der Waals surface area (Å²) < 4.78 is 55.9. The van der Waals surface area contributed by atoms with Crippen LogP contribution in [-0.4, -0.2) is 64.4 Å². The summed E-state index contributed by atoms with van der Waals surface area (Å²) in [6, 6.07) is 4.35. The summed E-state index contributed by atoms with van der Waals surface area (Å²) in [4.78, 5) is 13.9. The molecule has 1 N–H and O–H groups in total. The Balaban J connectivity index is 1.30. The number of halogens is 4. The van der Waals surface area contributed by atoms with E-state index >= 15 is 0 Å². The Morgan fingerprint density at radius 3 is 2.83 bits per heavy atom. The summed E-state index contributed by atoms with van der Waals surface area (Å²) >= 11 is 7.43. The first kappa shape index (κ1) is 25.4. The molecule has 3 aliphatic rings. The number of ether oxygens (including phenoxy) is 2. The Hall–Kier alpha value is -2.21. The van der Waals surface area contributed by atoms with Crippen molar-refractivity contribution < 1.29 is 27.4 Å². The SMILES string of the molecule is COC(=O)Nc1cccc(F)c1-n1cc(CN2CCC3(CC2)OCC(F)(F)C2C=C(Cl)SC23)c(C)n1. The zero-order valence-electron chi connectivity index (χ0n) is 19.8. The van der Waals surface area contributed by atoms with Gasteiger partial charge in [-0.05, 0) is 38.0 Å². The van der Waals surface area contributed by atoms with Crippen molar-refractivity contribution in [2.24, 2.45) is 5.92 Å². The Morgan fingerprint density at radius 1 is 1.36 bits per heavy atom. The molecule has 1 aromatic heterocycles. The largest absolute Gasteiger partial charge is 0.453 e. The van der Waals surface area contributed by atoms with Crippen molar-refractivity contribution in [1.82, 2.24) is 14.7 Å². The van der Waals surface area contributed by atoms with E-state index in [0.717, 1.165) is 11.3 Å². The fourth-order valence-corrected chi connectivity index (χ4v) is 7.03. The zero-order valence-corrected chi connectivity index (χ0v) is 21.3. The number of hydrogen-bond acceptors (Lipinski definition) is 6. The standard InChI is InChI=1S/C24H26ClF3N4O3S/c1-14-15(12-32(30-14)20-17(26)4-3-5-18(20)29-22(33)34-2)11-31-8-6-23(7-9-31)21-16(10-19(25)36-21)24(27,28)13-35-23/h3-5,10,12,16,21H,6-9,11,13H2,1-2H3,(H,29,33). The van der Waals surface area contributed by atoms with E-state index in [4.69, 9.17) is 16.3 Å². The lowest BCUT2D eigenvalue weighted by molar-refractivity contribution is -0.215. The molecule has 1 aromatic carbocycles. The number of benzene rings is 1. The van der Waals surface area contributed by atoms with Crippen molar-refractivity contribution in [3.63, 3.8) is 0 Å². The Bertz CT molecular complexity index is 1200. The maximum Gasteiger partial charge on any atom is 0.411 e. The third-order valence-corrected chi connectivity index (χ3v) is 8.90. The highest BCUT2D eigenvalue weighted by atomic mass is 35.5. The van der Waals surface area contributed by atoms with E-state index in [9.17, 15) is 18.0 Å². The molecule has 194 valence electrons. The third kappa shape index (κ3) is 4.62. The van der Waals surface area contributed by atoms with Gasteiger partial charge in [-0.2, -0.15) is 5.10 Å². The van der Waals surface area contributed by atoms with Crippen LogP contribution in [0.25, 0.3) is 5.69 Å². The van der Waals surface area contributed by atoms with Crippen LogP contribution >= 0.6 is 23.4 Å². The number of aryl methyl sites for hydroxylation is 1. The van der Waals surface area contributed by atoms with Gasteiger partial charge in [0, 0.05) is 31.4 Å². The molecule has 0 bridgehead atoms. The summed E-state index contributed by atoms with van der Waals surface area (Å²) in [7, 11) is 1.23. The molecule has 2 unspecified atom stereocenters. The first-order valence-corrected chi connectivity index (χ1v) is 12.8. The number of methoxy groups -OCH3 is 1. The normalized spacial score (nSPS) is 24.9. The highest BCUT2D eigenvalue weighted by Crippen LogP contribution is 2.56. The number of likely N-dealkylation sites (tertiary alicyclic amines) is 1. The van der Waals surface area contributed by atoms with Crippen molar-refractivity contribution in [3.05, 3.63) is 51.9 Å². The number of carbonyl (C=O) groups is 1. The van der Waals surface area contributed by atoms with Gasteiger partial charge in [0.05, 0.1) is 39.6 Å². The van der Waals surface area contributed by atoms with Crippen LogP contribution in [0, 0.1) is 18.7 Å². The zero-order chi connectivity index (χ0) is 25.7. The third-order valence-electron chi connectivity index (χ3n) is 7.17. The van der Waals surface area contributed by atoms with Crippen LogP contribution in [0.1, 0.15) is 24.1 Å². The average molecular weight is 543 g/mol. The van der Waals surface area contributed by atoms with Gasteiger partial charge in [0.25, 0.3) is 5.92 Å². The molecule has 3 aliphatic heterocycles. The van der Waals surface area contributed by atoms with Gasteiger partial charge in [-0.1, -0.05) is 17.7 Å². The Morgan fingerprint density at radius 2 is 2.11 bits per heavy atom. The van der Waals surface area contributed by atoms with Crippen LogP contribution in [0.4, 0.5) is 23.7 Å². The van der Waals surface area contributed by atoms with E-state index in [1.54, 1.807) is 12.3 Å². The van der Waals surface area contributed by atoms with Crippen molar-refractivity contribution in [2.75, 3.05) is 32.1 Å². The van der Waals surface area contributed by atoms with E-state index in [0.29, 0.717) is 36.8 Å². The fraction of sp³-hybridized carbons (Fsp3) is 0.500. The number of fused-ring (bicyclic) bond motifs is 2. The van der Waals surface area contributed by atoms with E-state index in [1.807, 2.05) is 6.92 Å². The number of aromatic nitrogens is 2. The van der Waals surface area contributed by atoms with Crippen molar-refractivity contribution >= 4 is 35.1 Å². The molecule has 1 amide bonds. The van der Waals surface area contributed by atoms with E-state index < -0.39 is 41.2 Å². The minimum Gasteiger partial charge on any atom is -0.453 e. The molecule has 7 nitrogen and oxygen atoms in total. The molecule has 5 rings (SSSR count). The number of alkyl halides is 2. The first-order valence-electron chi connectivity index (χ1n) is 11.6. The van der Waals surface area contributed by atoms with Crippen LogP contribution < -0.4 is 5.32 Å². The summed E-state index contributed by atoms with van der Waals surface area (Å²) in [5.74, 6) is -4.37. The highest BCUT2D eigenvalue weighted by Gasteiger charge is 2.60. The topological polar surface area (TPSA) is 68.6 Å². The van der Waals surface area contributed by atoms with Gasteiger partial charge in [-0.3, -0.25) is 10.2 Å². The van der Waals surface area contributed by atoms with Gasteiger partial charge in [0.2, 0.25) is 0 Å². The van der Waals surface area contributed by atoms with Gasteiger partial charge in [0.15, 0.2) is 5.82 Å². The van der Waals surface area contributed by atoms with E-state index in [-0.39, 0.29) is 11.4 Å². The second-order valence-electron chi connectivity index (χ2n) is 9.36. The minimum absolute atomic E-state index is 0.111. The summed E-state index contributed by atoms with van der Waals surface area (Å²) in [6.45, 7) is 3.13. The quantitative estimate of drug-likeness (QED) is 0.565.